The van der Waals surface area contributed by atoms with Crippen LogP contribution < -0.4 is 0 Å². The van der Waals surface area contributed by atoms with Crippen molar-refractivity contribution < 1.29 is 24.2 Å². The summed E-state index contributed by atoms with van der Waals surface area (Å²) in [6, 6.07) is 0. The Morgan fingerprint density at radius 1 is 1.12 bits per heavy atom. The Balaban J connectivity index is 1.61. The van der Waals surface area contributed by atoms with Crippen LogP contribution in [-0.2, 0) is 19.1 Å². The standard InChI is InChI=1S/C28H48O5/c1-6-20(18(2)7-12-27(31)32-5)8-9-21-15-23(30)17-26-25(21)11-10-22-16-24(33-19(3)29)13-14-28(22,26)4/h18,20-26,30H,6-17H2,1-5H3/t18-,20-,21-,22-,23-,24-,25?,26+,28+/m1/s1. The first-order valence-electron chi connectivity index (χ1n) is 13.6. The van der Waals surface area contributed by atoms with E-state index in [1.807, 2.05) is 0 Å². The molecule has 5 nitrogen and oxygen atoms in total. The van der Waals surface area contributed by atoms with E-state index in [4.69, 9.17) is 9.47 Å². The van der Waals surface area contributed by atoms with Crippen molar-refractivity contribution in [3.8, 4) is 0 Å². The second-order valence-electron chi connectivity index (χ2n) is 11.8. The van der Waals surface area contributed by atoms with E-state index in [9.17, 15) is 14.7 Å². The largest absolute Gasteiger partial charge is 0.469 e. The molecule has 0 aromatic carbocycles. The number of aliphatic hydroxyl groups is 1. The molecule has 0 amide bonds. The molecule has 3 aliphatic rings. The normalized spacial score (nSPS) is 37.9. The van der Waals surface area contributed by atoms with E-state index in [0.29, 0.717) is 41.9 Å². The predicted molar refractivity (Wildman–Crippen MR) is 129 cm³/mol. The number of hydrogen-bond acceptors (Lipinski definition) is 5. The Morgan fingerprint density at radius 3 is 2.55 bits per heavy atom. The van der Waals surface area contributed by atoms with E-state index < -0.39 is 0 Å². The quantitative estimate of drug-likeness (QED) is 0.429. The van der Waals surface area contributed by atoms with Gasteiger partial charge in [-0.1, -0.05) is 27.2 Å². The van der Waals surface area contributed by atoms with E-state index in [0.717, 1.165) is 44.9 Å². The van der Waals surface area contributed by atoms with Gasteiger partial charge in [0.2, 0.25) is 0 Å². The third-order valence-electron chi connectivity index (χ3n) is 10.0. The summed E-state index contributed by atoms with van der Waals surface area (Å²) in [6.07, 6.45) is 12.3. The zero-order chi connectivity index (χ0) is 24.2. The molecule has 0 aliphatic heterocycles. The molecule has 0 radical (unpaired) electrons. The summed E-state index contributed by atoms with van der Waals surface area (Å²) in [7, 11) is 1.47. The van der Waals surface area contributed by atoms with Gasteiger partial charge in [0.15, 0.2) is 0 Å². The number of aliphatic hydroxyl groups excluding tert-OH is 1. The maximum absolute atomic E-state index is 11.6. The van der Waals surface area contributed by atoms with Gasteiger partial charge >= 0.3 is 11.9 Å². The Labute approximate surface area is 201 Å². The fourth-order valence-electron chi connectivity index (χ4n) is 8.00. The second kappa shape index (κ2) is 11.6. The number of carbonyl (C=O) groups excluding carboxylic acids is 2. The number of carbonyl (C=O) groups is 2. The third kappa shape index (κ3) is 6.32. The minimum atomic E-state index is -0.185. The molecule has 33 heavy (non-hydrogen) atoms. The molecule has 3 saturated carbocycles. The molecule has 5 heteroatoms. The summed E-state index contributed by atoms with van der Waals surface area (Å²) in [5.74, 6) is 3.37. The van der Waals surface area contributed by atoms with E-state index in [2.05, 4.69) is 20.8 Å². The van der Waals surface area contributed by atoms with Crippen molar-refractivity contribution in [1.82, 2.24) is 0 Å². The molecule has 1 unspecified atom stereocenters. The number of hydrogen-bond donors (Lipinski definition) is 1. The van der Waals surface area contributed by atoms with Gasteiger partial charge in [-0.2, -0.15) is 0 Å². The SMILES string of the molecule is CC[C@H](CC[C@@H]1C[C@@H](O)C[C@H]2C1CC[C@@H]1C[C@H](OC(C)=O)CC[C@@]12C)[C@H](C)CCC(=O)OC. The lowest BCUT2D eigenvalue weighted by atomic mass is 9.47. The first kappa shape index (κ1) is 26.5. The highest BCUT2D eigenvalue weighted by Gasteiger charge is 2.54. The Hall–Kier alpha value is -1.10. The van der Waals surface area contributed by atoms with E-state index >= 15 is 0 Å². The minimum absolute atomic E-state index is 0.0817. The van der Waals surface area contributed by atoms with Gasteiger partial charge in [-0.05, 0) is 105 Å². The van der Waals surface area contributed by atoms with Crippen LogP contribution in [0.4, 0.5) is 0 Å². The maximum atomic E-state index is 11.6. The number of methoxy groups -OCH3 is 1. The molecule has 1 N–H and O–H groups in total. The van der Waals surface area contributed by atoms with Gasteiger partial charge in [-0.3, -0.25) is 9.59 Å². The molecule has 3 rings (SSSR count). The highest BCUT2D eigenvalue weighted by atomic mass is 16.5. The van der Waals surface area contributed by atoms with Crippen LogP contribution in [0, 0.1) is 40.9 Å². The van der Waals surface area contributed by atoms with Gasteiger partial charge in [0, 0.05) is 13.3 Å². The highest BCUT2D eigenvalue weighted by Crippen LogP contribution is 2.61. The predicted octanol–water partition coefficient (Wildman–Crippen LogP) is 5.92. The minimum Gasteiger partial charge on any atom is -0.469 e. The Morgan fingerprint density at radius 2 is 1.88 bits per heavy atom. The molecule has 9 atom stereocenters. The Bertz CT molecular complexity index is 663. The van der Waals surface area contributed by atoms with Crippen LogP contribution in [0.15, 0.2) is 0 Å². The fraction of sp³-hybridized carbons (Fsp3) is 0.929. The molecule has 190 valence electrons. The van der Waals surface area contributed by atoms with Gasteiger partial charge in [0.05, 0.1) is 13.2 Å². The highest BCUT2D eigenvalue weighted by molar-refractivity contribution is 5.69. The molecule has 0 aromatic heterocycles. The monoisotopic (exact) mass is 464 g/mol. The van der Waals surface area contributed by atoms with Gasteiger partial charge < -0.3 is 14.6 Å². The Kier molecular flexibility index (Phi) is 9.28. The van der Waals surface area contributed by atoms with Crippen LogP contribution in [0.25, 0.3) is 0 Å². The zero-order valence-corrected chi connectivity index (χ0v) is 21.7. The van der Waals surface area contributed by atoms with Crippen LogP contribution in [0.1, 0.15) is 105 Å². The van der Waals surface area contributed by atoms with Crippen LogP contribution in [-0.4, -0.2) is 36.4 Å². The van der Waals surface area contributed by atoms with Crippen molar-refractivity contribution >= 4 is 11.9 Å². The van der Waals surface area contributed by atoms with Crippen molar-refractivity contribution in [1.29, 1.82) is 0 Å². The molecule has 0 saturated heterocycles. The summed E-state index contributed by atoms with van der Waals surface area (Å²) < 4.78 is 10.4. The van der Waals surface area contributed by atoms with Crippen LogP contribution in [0.5, 0.6) is 0 Å². The second-order valence-corrected chi connectivity index (χ2v) is 11.8. The zero-order valence-electron chi connectivity index (χ0n) is 21.7. The van der Waals surface area contributed by atoms with Crippen molar-refractivity contribution in [2.75, 3.05) is 7.11 Å². The van der Waals surface area contributed by atoms with Crippen LogP contribution in [0.2, 0.25) is 0 Å². The van der Waals surface area contributed by atoms with Crippen molar-refractivity contribution in [3.63, 3.8) is 0 Å². The molecular weight excluding hydrogens is 416 g/mol. The third-order valence-corrected chi connectivity index (χ3v) is 10.0. The van der Waals surface area contributed by atoms with Gasteiger partial charge in [0.1, 0.15) is 6.10 Å². The van der Waals surface area contributed by atoms with E-state index in [-0.39, 0.29) is 29.6 Å². The number of ether oxygens (including phenoxy) is 2. The van der Waals surface area contributed by atoms with Crippen LogP contribution >= 0.6 is 0 Å². The lowest BCUT2D eigenvalue weighted by molar-refractivity contribution is -0.159. The van der Waals surface area contributed by atoms with E-state index in [1.165, 1.54) is 39.7 Å². The van der Waals surface area contributed by atoms with Crippen molar-refractivity contribution in [2.45, 2.75) is 117 Å². The molecule has 0 spiro atoms. The first-order valence-corrected chi connectivity index (χ1v) is 13.6. The van der Waals surface area contributed by atoms with Crippen molar-refractivity contribution in [2.24, 2.45) is 40.9 Å². The summed E-state index contributed by atoms with van der Waals surface area (Å²) in [5, 5.41) is 10.9. The van der Waals surface area contributed by atoms with Crippen molar-refractivity contribution in [3.05, 3.63) is 0 Å². The molecule has 0 heterocycles. The van der Waals surface area contributed by atoms with Gasteiger partial charge in [0.25, 0.3) is 0 Å². The molecule has 0 bridgehead atoms. The maximum Gasteiger partial charge on any atom is 0.305 e. The molecule has 0 aromatic rings. The topological polar surface area (TPSA) is 72.8 Å². The first-order chi connectivity index (χ1) is 15.7. The lowest BCUT2D eigenvalue weighted by Gasteiger charge is -2.59. The smallest absolute Gasteiger partial charge is 0.305 e. The number of fused-ring (bicyclic) bond motifs is 3. The number of rotatable bonds is 9. The van der Waals surface area contributed by atoms with Crippen LogP contribution in [0.3, 0.4) is 0 Å². The molecule has 3 fully saturated rings. The van der Waals surface area contributed by atoms with Gasteiger partial charge in [-0.15, -0.1) is 0 Å². The molecular formula is C28H48O5. The average molecular weight is 465 g/mol. The van der Waals surface area contributed by atoms with Gasteiger partial charge in [-0.25, -0.2) is 0 Å². The molecule has 3 aliphatic carbocycles. The summed E-state index contributed by atoms with van der Waals surface area (Å²) in [5.41, 5.74) is 0.261. The van der Waals surface area contributed by atoms with E-state index in [1.54, 1.807) is 0 Å². The summed E-state index contributed by atoms with van der Waals surface area (Å²) >= 11 is 0. The summed E-state index contributed by atoms with van der Waals surface area (Å²) in [4.78, 5) is 23.0. The number of esters is 2. The fourth-order valence-corrected chi connectivity index (χ4v) is 8.00. The average Bonchev–Trinajstić information content (AvgIpc) is 2.77. The lowest BCUT2D eigenvalue weighted by Crippen LogP contribution is -2.53. The summed E-state index contributed by atoms with van der Waals surface area (Å²) in [6.45, 7) is 8.54.